The van der Waals surface area contributed by atoms with Gasteiger partial charge in [0.25, 0.3) is 0 Å². The summed E-state index contributed by atoms with van der Waals surface area (Å²) in [6.45, 7) is 0.595. The van der Waals surface area contributed by atoms with E-state index in [2.05, 4.69) is 5.32 Å². The summed E-state index contributed by atoms with van der Waals surface area (Å²) < 4.78 is 5.28. The second-order valence-electron chi connectivity index (χ2n) is 4.94. The van der Waals surface area contributed by atoms with Gasteiger partial charge in [-0.1, -0.05) is 19.3 Å². The Bertz CT molecular complexity index is 304. The molecule has 5 heteroatoms. The van der Waals surface area contributed by atoms with Crippen LogP contribution in [0.2, 0.25) is 0 Å². The highest BCUT2D eigenvalue weighted by Crippen LogP contribution is 2.29. The predicted octanol–water partition coefficient (Wildman–Crippen LogP) is 1.07. The summed E-state index contributed by atoms with van der Waals surface area (Å²) in [4.78, 5) is 23.3. The molecular weight excluding hydrogens is 222 g/mol. The summed E-state index contributed by atoms with van der Waals surface area (Å²) in [6, 6.07) is 0. The Hall–Kier alpha value is -1.10. The van der Waals surface area contributed by atoms with Crippen LogP contribution in [0, 0.1) is 0 Å². The maximum absolute atomic E-state index is 11.9. The fraction of sp³-hybridized carbons (Fsp3) is 0.833. The second-order valence-corrected chi connectivity index (χ2v) is 4.94. The lowest BCUT2D eigenvalue weighted by molar-refractivity contribution is -0.151. The molecule has 0 aromatic carbocycles. The van der Waals surface area contributed by atoms with Gasteiger partial charge in [-0.2, -0.15) is 0 Å². The van der Waals surface area contributed by atoms with Crippen molar-refractivity contribution >= 4 is 11.9 Å². The highest BCUT2D eigenvalue weighted by molar-refractivity contribution is 5.89. The summed E-state index contributed by atoms with van der Waals surface area (Å²) in [5, 5.41) is 12.0. The smallest absolute Gasteiger partial charge is 0.329 e. The molecule has 1 atom stereocenters. The number of hydrogen-bond acceptors (Lipinski definition) is 3. The first kappa shape index (κ1) is 12.4. The molecule has 96 valence electrons. The van der Waals surface area contributed by atoms with Crippen LogP contribution in [0.25, 0.3) is 0 Å². The van der Waals surface area contributed by atoms with Gasteiger partial charge < -0.3 is 15.2 Å². The summed E-state index contributed by atoms with van der Waals surface area (Å²) in [5.41, 5.74) is -1.05. The Labute approximate surface area is 101 Å². The average Bonchev–Trinajstić information content (AvgIpc) is 2.83. The van der Waals surface area contributed by atoms with Gasteiger partial charge in [0.05, 0.1) is 0 Å². The van der Waals surface area contributed by atoms with E-state index in [1.54, 1.807) is 0 Å². The lowest BCUT2D eigenvalue weighted by Gasteiger charge is -2.34. The van der Waals surface area contributed by atoms with Crippen molar-refractivity contribution in [2.45, 2.75) is 56.6 Å². The van der Waals surface area contributed by atoms with Crippen molar-refractivity contribution in [1.82, 2.24) is 5.32 Å². The molecule has 1 aliphatic carbocycles. The number of carbonyl (C=O) groups is 2. The topological polar surface area (TPSA) is 75.6 Å². The van der Waals surface area contributed by atoms with Crippen LogP contribution in [0.4, 0.5) is 0 Å². The zero-order valence-corrected chi connectivity index (χ0v) is 9.91. The standard InChI is InChI=1S/C12H19NO4/c14-10(9-5-4-8-17-9)13-12(11(15)16)6-2-1-3-7-12/h9H,1-8H2,(H,13,14)(H,15,16). The largest absolute Gasteiger partial charge is 0.480 e. The van der Waals surface area contributed by atoms with E-state index in [-0.39, 0.29) is 5.91 Å². The second kappa shape index (κ2) is 5.04. The third-order valence-corrected chi connectivity index (χ3v) is 3.70. The highest BCUT2D eigenvalue weighted by atomic mass is 16.5. The minimum Gasteiger partial charge on any atom is -0.480 e. The van der Waals surface area contributed by atoms with E-state index >= 15 is 0 Å². The average molecular weight is 241 g/mol. The van der Waals surface area contributed by atoms with E-state index < -0.39 is 17.6 Å². The molecule has 1 amide bonds. The number of carboxylic acid groups (broad SMARTS) is 1. The molecule has 2 rings (SSSR count). The number of carboxylic acids is 1. The van der Waals surface area contributed by atoms with Crippen LogP contribution >= 0.6 is 0 Å². The monoisotopic (exact) mass is 241 g/mol. The number of rotatable bonds is 3. The van der Waals surface area contributed by atoms with Crippen LogP contribution in [0.1, 0.15) is 44.9 Å². The maximum Gasteiger partial charge on any atom is 0.329 e. The lowest BCUT2D eigenvalue weighted by Crippen LogP contribution is -2.57. The van der Waals surface area contributed by atoms with E-state index in [9.17, 15) is 14.7 Å². The fourth-order valence-corrected chi connectivity index (χ4v) is 2.65. The van der Waals surface area contributed by atoms with Gasteiger partial charge >= 0.3 is 5.97 Å². The van der Waals surface area contributed by atoms with Crippen molar-refractivity contribution in [2.24, 2.45) is 0 Å². The molecule has 5 nitrogen and oxygen atoms in total. The minimum atomic E-state index is -1.05. The molecule has 1 aliphatic heterocycles. The Balaban J connectivity index is 2.01. The molecule has 0 bridgehead atoms. The Morgan fingerprint density at radius 1 is 1.18 bits per heavy atom. The predicted molar refractivity (Wildman–Crippen MR) is 60.6 cm³/mol. The summed E-state index contributed by atoms with van der Waals surface area (Å²) in [5.74, 6) is -1.17. The van der Waals surface area contributed by atoms with Crippen molar-refractivity contribution in [3.05, 3.63) is 0 Å². The first-order valence-corrected chi connectivity index (χ1v) is 6.31. The number of ether oxygens (including phenoxy) is 1. The quantitative estimate of drug-likeness (QED) is 0.775. The Morgan fingerprint density at radius 3 is 2.41 bits per heavy atom. The zero-order valence-electron chi connectivity index (χ0n) is 9.91. The molecule has 1 unspecified atom stereocenters. The first-order valence-electron chi connectivity index (χ1n) is 6.31. The van der Waals surface area contributed by atoms with Crippen LogP contribution in [-0.2, 0) is 14.3 Å². The van der Waals surface area contributed by atoms with Gasteiger partial charge in [0.2, 0.25) is 5.91 Å². The highest BCUT2D eigenvalue weighted by Gasteiger charge is 2.42. The first-order chi connectivity index (χ1) is 8.14. The van der Waals surface area contributed by atoms with E-state index in [0.29, 0.717) is 25.9 Å². The molecule has 1 saturated carbocycles. The van der Waals surface area contributed by atoms with Gasteiger partial charge in [-0.05, 0) is 25.7 Å². The van der Waals surface area contributed by atoms with E-state index in [1.165, 1.54) is 0 Å². The summed E-state index contributed by atoms with van der Waals surface area (Å²) in [7, 11) is 0. The van der Waals surface area contributed by atoms with E-state index in [0.717, 1.165) is 25.7 Å². The van der Waals surface area contributed by atoms with Gasteiger partial charge in [0.15, 0.2) is 0 Å². The van der Waals surface area contributed by atoms with Gasteiger partial charge in [0.1, 0.15) is 11.6 Å². The molecule has 17 heavy (non-hydrogen) atoms. The van der Waals surface area contributed by atoms with Crippen molar-refractivity contribution in [2.75, 3.05) is 6.61 Å². The number of amides is 1. The van der Waals surface area contributed by atoms with Crippen LogP contribution in [0.5, 0.6) is 0 Å². The van der Waals surface area contributed by atoms with E-state index in [4.69, 9.17) is 4.74 Å². The maximum atomic E-state index is 11.9. The molecule has 0 radical (unpaired) electrons. The third-order valence-electron chi connectivity index (χ3n) is 3.70. The number of nitrogens with one attached hydrogen (secondary N) is 1. The third kappa shape index (κ3) is 2.60. The normalized spacial score (nSPS) is 27.6. The minimum absolute atomic E-state index is 0.258. The molecule has 2 fully saturated rings. The van der Waals surface area contributed by atoms with Gasteiger partial charge in [-0.15, -0.1) is 0 Å². The Kier molecular flexibility index (Phi) is 3.66. The van der Waals surface area contributed by atoms with Gasteiger partial charge in [0, 0.05) is 6.61 Å². The number of aliphatic carboxylic acids is 1. The fourth-order valence-electron chi connectivity index (χ4n) is 2.65. The van der Waals surface area contributed by atoms with Crippen LogP contribution in [0.15, 0.2) is 0 Å². The molecule has 0 aromatic rings. The van der Waals surface area contributed by atoms with Gasteiger partial charge in [-0.3, -0.25) is 4.79 Å². The van der Waals surface area contributed by atoms with Crippen molar-refractivity contribution in [3.63, 3.8) is 0 Å². The molecule has 0 spiro atoms. The van der Waals surface area contributed by atoms with E-state index in [1.807, 2.05) is 0 Å². The number of carbonyl (C=O) groups excluding carboxylic acids is 1. The molecular formula is C12H19NO4. The van der Waals surface area contributed by atoms with Crippen molar-refractivity contribution in [1.29, 1.82) is 0 Å². The molecule has 1 heterocycles. The Morgan fingerprint density at radius 2 is 1.88 bits per heavy atom. The zero-order chi connectivity index (χ0) is 12.3. The number of hydrogen-bond donors (Lipinski definition) is 2. The molecule has 1 saturated heterocycles. The SMILES string of the molecule is O=C(NC1(C(=O)O)CCCCC1)C1CCCO1. The summed E-state index contributed by atoms with van der Waals surface area (Å²) >= 11 is 0. The van der Waals surface area contributed by atoms with Crippen LogP contribution in [0.3, 0.4) is 0 Å². The van der Waals surface area contributed by atoms with Gasteiger partial charge in [-0.25, -0.2) is 4.79 Å². The van der Waals surface area contributed by atoms with Crippen molar-refractivity contribution < 1.29 is 19.4 Å². The molecule has 2 N–H and O–H groups in total. The summed E-state index contributed by atoms with van der Waals surface area (Å²) in [6.07, 6.45) is 4.94. The van der Waals surface area contributed by atoms with Crippen molar-refractivity contribution in [3.8, 4) is 0 Å². The lowest BCUT2D eigenvalue weighted by atomic mass is 9.81. The van der Waals surface area contributed by atoms with Crippen LogP contribution in [-0.4, -0.2) is 35.2 Å². The molecule has 0 aromatic heterocycles. The van der Waals surface area contributed by atoms with Crippen LogP contribution < -0.4 is 5.32 Å². The molecule has 2 aliphatic rings.